The Kier molecular flexibility index (Phi) is 6.10. The number of aryl methyl sites for hydroxylation is 1. The molecule has 2 aromatic heterocycles. The zero-order valence-electron chi connectivity index (χ0n) is 12.3. The van der Waals surface area contributed by atoms with Crippen LogP contribution in [0.25, 0.3) is 5.78 Å². The molecular weight excluding hydrogens is 327 g/mol. The molecule has 22 heavy (non-hydrogen) atoms. The second-order valence-corrected chi connectivity index (χ2v) is 5.38. The van der Waals surface area contributed by atoms with Crippen LogP contribution in [-0.2, 0) is 0 Å². The number of nitrogens with one attached hydrogen (secondary N) is 1. The average molecular weight is 347 g/mol. The van der Waals surface area contributed by atoms with Crippen LogP contribution in [0.3, 0.4) is 0 Å². The Bertz CT molecular complexity index is 653. The minimum atomic E-state index is -0.295. The highest BCUT2D eigenvalue weighted by Gasteiger charge is 2.35. The molecule has 0 radical (unpaired) electrons. The van der Waals surface area contributed by atoms with E-state index in [0.29, 0.717) is 12.3 Å². The van der Waals surface area contributed by atoms with Crippen molar-refractivity contribution in [3.8, 4) is 0 Å². The van der Waals surface area contributed by atoms with Crippen LogP contribution in [0, 0.1) is 6.92 Å². The van der Waals surface area contributed by atoms with Crippen molar-refractivity contribution in [1.82, 2.24) is 24.9 Å². The van der Waals surface area contributed by atoms with Crippen molar-refractivity contribution in [1.29, 1.82) is 0 Å². The molecular formula is C13H20Cl2N6O. The molecule has 0 spiro atoms. The van der Waals surface area contributed by atoms with Gasteiger partial charge in [-0.05, 0) is 25.8 Å². The molecule has 0 saturated heterocycles. The molecule has 0 bridgehead atoms. The van der Waals surface area contributed by atoms with E-state index in [2.05, 4.69) is 20.4 Å². The van der Waals surface area contributed by atoms with Gasteiger partial charge in [-0.15, -0.1) is 29.9 Å². The van der Waals surface area contributed by atoms with Crippen LogP contribution in [-0.4, -0.2) is 37.6 Å². The Balaban J connectivity index is 0.00000121. The normalized spacial score (nSPS) is 15.9. The number of amides is 1. The standard InChI is InChI=1S/C13H18N6O.2ClH/c1-9-4-7-15-12-16-10(18-19(9)12)11(20)17-13(8-14)5-2-3-6-13;;/h4,7H,2-3,5-6,8,14H2,1H3,(H,17,20);2*1H. The summed E-state index contributed by atoms with van der Waals surface area (Å²) in [6.07, 6.45) is 5.67. The lowest BCUT2D eigenvalue weighted by Crippen LogP contribution is -2.51. The van der Waals surface area contributed by atoms with E-state index in [1.54, 1.807) is 10.7 Å². The Labute approximate surface area is 140 Å². The van der Waals surface area contributed by atoms with Crippen LogP contribution in [0.2, 0.25) is 0 Å². The Hall–Kier alpha value is -1.44. The van der Waals surface area contributed by atoms with Crippen LogP contribution in [0.15, 0.2) is 12.3 Å². The second-order valence-electron chi connectivity index (χ2n) is 5.38. The van der Waals surface area contributed by atoms with Gasteiger partial charge in [-0.1, -0.05) is 12.8 Å². The zero-order valence-corrected chi connectivity index (χ0v) is 13.9. The van der Waals surface area contributed by atoms with Gasteiger partial charge in [0.05, 0.1) is 5.54 Å². The molecule has 2 heterocycles. The number of carbonyl (C=O) groups is 1. The molecule has 1 amide bonds. The minimum absolute atomic E-state index is 0. The monoisotopic (exact) mass is 346 g/mol. The number of hydrogen-bond donors (Lipinski definition) is 2. The van der Waals surface area contributed by atoms with Crippen molar-refractivity contribution in [2.24, 2.45) is 5.73 Å². The third-order valence-electron chi connectivity index (χ3n) is 3.96. The van der Waals surface area contributed by atoms with Crippen molar-refractivity contribution >= 4 is 36.5 Å². The van der Waals surface area contributed by atoms with Gasteiger partial charge in [0.15, 0.2) is 0 Å². The average Bonchev–Trinajstić information content (AvgIpc) is 3.06. The fourth-order valence-electron chi connectivity index (χ4n) is 2.73. The highest BCUT2D eigenvalue weighted by Crippen LogP contribution is 2.28. The molecule has 0 atom stereocenters. The molecule has 1 saturated carbocycles. The quantitative estimate of drug-likeness (QED) is 0.872. The molecule has 1 aliphatic rings. The molecule has 122 valence electrons. The van der Waals surface area contributed by atoms with E-state index in [1.807, 2.05) is 13.0 Å². The lowest BCUT2D eigenvalue weighted by Gasteiger charge is -2.27. The van der Waals surface area contributed by atoms with E-state index in [9.17, 15) is 4.79 Å². The summed E-state index contributed by atoms with van der Waals surface area (Å²) in [7, 11) is 0. The smallest absolute Gasteiger partial charge is 0.291 e. The first-order valence-corrected chi connectivity index (χ1v) is 6.84. The van der Waals surface area contributed by atoms with Gasteiger partial charge in [0.25, 0.3) is 11.7 Å². The molecule has 1 fully saturated rings. The molecule has 9 heteroatoms. The van der Waals surface area contributed by atoms with Gasteiger partial charge in [-0.2, -0.15) is 4.98 Å². The number of carbonyl (C=O) groups excluding carboxylic acids is 1. The van der Waals surface area contributed by atoms with Gasteiger partial charge in [-0.25, -0.2) is 9.50 Å². The Morgan fingerprint density at radius 2 is 2.09 bits per heavy atom. The maximum atomic E-state index is 12.3. The molecule has 0 aliphatic heterocycles. The third-order valence-corrected chi connectivity index (χ3v) is 3.96. The van der Waals surface area contributed by atoms with E-state index >= 15 is 0 Å². The number of halogens is 2. The first-order chi connectivity index (χ1) is 9.63. The number of rotatable bonds is 3. The molecule has 0 aromatic carbocycles. The summed E-state index contributed by atoms with van der Waals surface area (Å²) in [5.41, 5.74) is 6.41. The summed E-state index contributed by atoms with van der Waals surface area (Å²) < 4.78 is 1.57. The molecule has 2 aromatic rings. The van der Waals surface area contributed by atoms with Gasteiger partial charge in [0.2, 0.25) is 5.82 Å². The van der Waals surface area contributed by atoms with E-state index in [4.69, 9.17) is 5.73 Å². The van der Waals surface area contributed by atoms with Crippen molar-refractivity contribution in [2.75, 3.05) is 6.54 Å². The first-order valence-electron chi connectivity index (χ1n) is 6.84. The van der Waals surface area contributed by atoms with Crippen LogP contribution >= 0.6 is 24.8 Å². The minimum Gasteiger partial charge on any atom is -0.343 e. The van der Waals surface area contributed by atoms with Crippen molar-refractivity contribution < 1.29 is 4.79 Å². The predicted octanol–water partition coefficient (Wildman–Crippen LogP) is 1.28. The molecule has 7 nitrogen and oxygen atoms in total. The zero-order chi connectivity index (χ0) is 14.2. The Morgan fingerprint density at radius 1 is 1.41 bits per heavy atom. The first kappa shape index (κ1) is 18.6. The molecule has 3 rings (SSSR count). The predicted molar refractivity (Wildman–Crippen MR) is 87.7 cm³/mol. The second kappa shape index (κ2) is 7.21. The van der Waals surface area contributed by atoms with Crippen molar-refractivity contribution in [3.05, 3.63) is 23.8 Å². The summed E-state index contributed by atoms with van der Waals surface area (Å²) in [6, 6.07) is 1.82. The number of nitrogens with zero attached hydrogens (tertiary/aromatic N) is 4. The van der Waals surface area contributed by atoms with Crippen LogP contribution in [0.1, 0.15) is 42.0 Å². The summed E-state index contributed by atoms with van der Waals surface area (Å²) in [5.74, 6) is 0.303. The molecule has 3 N–H and O–H groups in total. The summed E-state index contributed by atoms with van der Waals surface area (Å²) in [5, 5.41) is 7.22. The number of hydrogen-bond acceptors (Lipinski definition) is 5. The summed E-state index contributed by atoms with van der Waals surface area (Å²) in [4.78, 5) is 20.6. The largest absolute Gasteiger partial charge is 0.343 e. The van der Waals surface area contributed by atoms with Crippen molar-refractivity contribution in [2.45, 2.75) is 38.1 Å². The van der Waals surface area contributed by atoms with E-state index in [1.165, 1.54) is 0 Å². The SMILES string of the molecule is Cc1ccnc2nc(C(=O)NC3(CN)CCCC3)nn12.Cl.Cl. The number of fused-ring (bicyclic) bond motifs is 1. The van der Waals surface area contributed by atoms with Gasteiger partial charge >= 0.3 is 0 Å². The van der Waals surface area contributed by atoms with Crippen LogP contribution < -0.4 is 11.1 Å². The fraction of sp³-hybridized carbons (Fsp3) is 0.538. The van der Waals surface area contributed by atoms with Crippen molar-refractivity contribution in [3.63, 3.8) is 0 Å². The summed E-state index contributed by atoms with van der Waals surface area (Å²) in [6.45, 7) is 2.34. The highest BCUT2D eigenvalue weighted by molar-refractivity contribution is 5.91. The number of aromatic nitrogens is 4. The van der Waals surface area contributed by atoms with Gasteiger partial charge < -0.3 is 11.1 Å². The van der Waals surface area contributed by atoms with Crippen LogP contribution in [0.4, 0.5) is 0 Å². The topological polar surface area (TPSA) is 98.2 Å². The lowest BCUT2D eigenvalue weighted by molar-refractivity contribution is 0.0892. The fourth-order valence-corrected chi connectivity index (χ4v) is 2.73. The van der Waals surface area contributed by atoms with Gasteiger partial charge in [-0.3, -0.25) is 4.79 Å². The lowest BCUT2D eigenvalue weighted by atomic mass is 9.98. The summed E-state index contributed by atoms with van der Waals surface area (Å²) >= 11 is 0. The van der Waals surface area contributed by atoms with Crippen LogP contribution in [0.5, 0.6) is 0 Å². The molecule has 0 unspecified atom stereocenters. The van der Waals surface area contributed by atoms with Gasteiger partial charge in [0, 0.05) is 18.4 Å². The maximum absolute atomic E-state index is 12.3. The van der Waals surface area contributed by atoms with E-state index in [0.717, 1.165) is 31.4 Å². The van der Waals surface area contributed by atoms with E-state index < -0.39 is 0 Å². The highest BCUT2D eigenvalue weighted by atomic mass is 35.5. The number of nitrogens with two attached hydrogens (primary N) is 1. The maximum Gasteiger partial charge on any atom is 0.291 e. The third kappa shape index (κ3) is 3.31. The Morgan fingerprint density at radius 3 is 2.68 bits per heavy atom. The van der Waals surface area contributed by atoms with E-state index in [-0.39, 0.29) is 42.1 Å². The van der Waals surface area contributed by atoms with Gasteiger partial charge in [0.1, 0.15) is 0 Å². The molecule has 1 aliphatic carbocycles.